The van der Waals surface area contributed by atoms with Gasteiger partial charge in [-0.15, -0.1) is 0 Å². The van der Waals surface area contributed by atoms with E-state index in [9.17, 15) is 4.79 Å². The summed E-state index contributed by atoms with van der Waals surface area (Å²) in [6, 6.07) is 10.4. The van der Waals surface area contributed by atoms with Crippen LogP contribution in [-0.4, -0.2) is 34.9 Å². The van der Waals surface area contributed by atoms with E-state index in [0.717, 1.165) is 31.5 Å². The normalized spacial score (nSPS) is 17.8. The molecular weight excluding hydrogens is 290 g/mol. The first-order valence-electron chi connectivity index (χ1n) is 8.02. The van der Waals surface area contributed by atoms with Gasteiger partial charge in [-0.3, -0.25) is 4.68 Å². The number of para-hydroxylation sites is 1. The Hall–Kier alpha value is -2.50. The number of hydrogen-bond donors (Lipinski definition) is 2. The van der Waals surface area contributed by atoms with Crippen LogP contribution in [0, 0.1) is 0 Å². The molecule has 6 heteroatoms. The van der Waals surface area contributed by atoms with E-state index in [0.29, 0.717) is 6.54 Å². The average Bonchev–Trinajstić information content (AvgIpc) is 3.00. The number of urea groups is 1. The van der Waals surface area contributed by atoms with Crippen molar-refractivity contribution in [3.8, 4) is 0 Å². The van der Waals surface area contributed by atoms with Crippen LogP contribution < -0.4 is 15.5 Å². The molecule has 2 N–H and O–H groups in total. The SMILES string of the molecule is Cn1cc(CNC(=O)NC2CCCN(c3ccccc3)C2)cn1. The fourth-order valence-corrected chi connectivity index (χ4v) is 2.95. The summed E-state index contributed by atoms with van der Waals surface area (Å²) in [7, 11) is 1.86. The molecule has 0 spiro atoms. The van der Waals surface area contributed by atoms with Crippen molar-refractivity contribution in [2.24, 2.45) is 7.05 Å². The van der Waals surface area contributed by atoms with Gasteiger partial charge in [0.15, 0.2) is 0 Å². The Morgan fingerprint density at radius 1 is 1.35 bits per heavy atom. The van der Waals surface area contributed by atoms with Gasteiger partial charge < -0.3 is 15.5 Å². The number of nitrogens with one attached hydrogen (secondary N) is 2. The maximum Gasteiger partial charge on any atom is 0.315 e. The van der Waals surface area contributed by atoms with E-state index < -0.39 is 0 Å². The highest BCUT2D eigenvalue weighted by atomic mass is 16.2. The number of amides is 2. The van der Waals surface area contributed by atoms with Gasteiger partial charge in [0.2, 0.25) is 0 Å². The quantitative estimate of drug-likeness (QED) is 0.906. The number of rotatable bonds is 4. The van der Waals surface area contributed by atoms with E-state index in [1.165, 1.54) is 5.69 Å². The van der Waals surface area contributed by atoms with Crippen molar-refractivity contribution in [3.05, 3.63) is 48.3 Å². The smallest absolute Gasteiger partial charge is 0.315 e. The maximum absolute atomic E-state index is 12.1. The standard InChI is InChI=1S/C17H23N5O/c1-21-12-14(11-19-21)10-18-17(23)20-15-6-5-9-22(13-15)16-7-3-2-4-8-16/h2-4,7-8,11-12,15H,5-6,9-10,13H2,1H3,(H2,18,20,23). The van der Waals surface area contributed by atoms with Crippen molar-refractivity contribution in [1.29, 1.82) is 0 Å². The van der Waals surface area contributed by atoms with Gasteiger partial charge in [0.25, 0.3) is 0 Å². The Kier molecular flexibility index (Phi) is 4.80. The molecule has 23 heavy (non-hydrogen) atoms. The van der Waals surface area contributed by atoms with Crippen molar-refractivity contribution in [2.45, 2.75) is 25.4 Å². The summed E-state index contributed by atoms with van der Waals surface area (Å²) in [5.41, 5.74) is 2.21. The van der Waals surface area contributed by atoms with Gasteiger partial charge in [-0.2, -0.15) is 5.10 Å². The molecule has 0 saturated carbocycles. The molecule has 0 radical (unpaired) electrons. The number of aromatic nitrogens is 2. The molecule has 3 rings (SSSR count). The van der Waals surface area contributed by atoms with Gasteiger partial charge in [-0.05, 0) is 25.0 Å². The number of anilines is 1. The lowest BCUT2D eigenvalue weighted by Crippen LogP contribution is -2.50. The van der Waals surface area contributed by atoms with Crippen LogP contribution in [0.3, 0.4) is 0 Å². The van der Waals surface area contributed by atoms with Crippen molar-refractivity contribution in [1.82, 2.24) is 20.4 Å². The molecule has 1 aromatic carbocycles. The van der Waals surface area contributed by atoms with Crippen LogP contribution in [0.25, 0.3) is 0 Å². The van der Waals surface area contributed by atoms with Gasteiger partial charge in [0.05, 0.1) is 6.20 Å². The zero-order valence-corrected chi connectivity index (χ0v) is 13.4. The Balaban J connectivity index is 1.48. The molecule has 1 aliphatic heterocycles. The van der Waals surface area contributed by atoms with Crippen molar-refractivity contribution in [3.63, 3.8) is 0 Å². The third-order valence-electron chi connectivity index (χ3n) is 4.09. The van der Waals surface area contributed by atoms with Gasteiger partial charge in [-0.25, -0.2) is 4.79 Å². The van der Waals surface area contributed by atoms with Crippen molar-refractivity contribution < 1.29 is 4.79 Å². The molecule has 1 saturated heterocycles. The second kappa shape index (κ2) is 7.17. The molecule has 1 fully saturated rings. The molecule has 1 unspecified atom stereocenters. The van der Waals surface area contributed by atoms with Gasteiger partial charge in [0, 0.05) is 50.2 Å². The molecule has 2 amide bonds. The minimum Gasteiger partial charge on any atom is -0.369 e. The van der Waals surface area contributed by atoms with Crippen molar-refractivity contribution >= 4 is 11.7 Å². The minimum atomic E-state index is -0.117. The Morgan fingerprint density at radius 3 is 2.91 bits per heavy atom. The Morgan fingerprint density at radius 2 is 2.17 bits per heavy atom. The highest BCUT2D eigenvalue weighted by Gasteiger charge is 2.21. The summed E-state index contributed by atoms with van der Waals surface area (Å²) in [5.74, 6) is 0. The minimum absolute atomic E-state index is 0.117. The molecule has 1 aromatic heterocycles. The van der Waals surface area contributed by atoms with E-state index in [4.69, 9.17) is 0 Å². The highest BCUT2D eigenvalue weighted by Crippen LogP contribution is 2.19. The zero-order chi connectivity index (χ0) is 16.1. The highest BCUT2D eigenvalue weighted by molar-refractivity contribution is 5.74. The molecule has 0 bridgehead atoms. The summed E-state index contributed by atoms with van der Waals surface area (Å²) in [6.07, 6.45) is 5.77. The van der Waals surface area contributed by atoms with Crippen LogP contribution in [0.5, 0.6) is 0 Å². The topological polar surface area (TPSA) is 62.2 Å². The number of carbonyl (C=O) groups excluding carboxylic acids is 1. The van der Waals surface area contributed by atoms with Gasteiger partial charge in [-0.1, -0.05) is 18.2 Å². The zero-order valence-electron chi connectivity index (χ0n) is 13.4. The summed E-state index contributed by atoms with van der Waals surface area (Å²) >= 11 is 0. The number of carbonyl (C=O) groups is 1. The summed E-state index contributed by atoms with van der Waals surface area (Å²) in [4.78, 5) is 14.4. The largest absolute Gasteiger partial charge is 0.369 e. The van der Waals surface area contributed by atoms with Crippen LogP contribution in [0.4, 0.5) is 10.5 Å². The molecule has 6 nitrogen and oxygen atoms in total. The summed E-state index contributed by atoms with van der Waals surface area (Å²) < 4.78 is 1.73. The van der Waals surface area contributed by atoms with Crippen LogP contribution >= 0.6 is 0 Å². The predicted molar refractivity (Wildman–Crippen MR) is 90.3 cm³/mol. The molecule has 122 valence electrons. The van der Waals surface area contributed by atoms with E-state index >= 15 is 0 Å². The maximum atomic E-state index is 12.1. The molecular formula is C17H23N5O. The number of aryl methyl sites for hydroxylation is 1. The van der Waals surface area contributed by atoms with E-state index in [-0.39, 0.29) is 12.1 Å². The van der Waals surface area contributed by atoms with Crippen LogP contribution in [0.2, 0.25) is 0 Å². The second-order valence-corrected chi connectivity index (χ2v) is 5.97. The number of hydrogen-bond acceptors (Lipinski definition) is 3. The lowest BCUT2D eigenvalue weighted by atomic mass is 10.1. The predicted octanol–water partition coefficient (Wildman–Crippen LogP) is 1.89. The second-order valence-electron chi connectivity index (χ2n) is 5.97. The fourth-order valence-electron chi connectivity index (χ4n) is 2.95. The monoisotopic (exact) mass is 313 g/mol. The number of piperidine rings is 1. The molecule has 0 aliphatic carbocycles. The van der Waals surface area contributed by atoms with Crippen LogP contribution in [-0.2, 0) is 13.6 Å². The lowest BCUT2D eigenvalue weighted by molar-refractivity contribution is 0.234. The summed E-state index contributed by atoms with van der Waals surface area (Å²) in [5, 5.41) is 10.1. The van der Waals surface area contributed by atoms with Crippen molar-refractivity contribution in [2.75, 3.05) is 18.0 Å². The first-order valence-corrected chi connectivity index (χ1v) is 8.02. The third-order valence-corrected chi connectivity index (χ3v) is 4.09. The van der Waals surface area contributed by atoms with Crippen LogP contribution in [0.15, 0.2) is 42.7 Å². The van der Waals surface area contributed by atoms with E-state index in [1.807, 2.05) is 31.4 Å². The lowest BCUT2D eigenvalue weighted by Gasteiger charge is -2.34. The Labute approximate surface area is 136 Å². The van der Waals surface area contributed by atoms with Gasteiger partial charge >= 0.3 is 6.03 Å². The molecule has 1 aliphatic rings. The molecule has 1 atom stereocenters. The van der Waals surface area contributed by atoms with E-state index in [1.54, 1.807) is 10.9 Å². The van der Waals surface area contributed by atoms with Crippen LogP contribution in [0.1, 0.15) is 18.4 Å². The first-order chi connectivity index (χ1) is 11.2. The third kappa shape index (κ3) is 4.25. The average molecular weight is 313 g/mol. The molecule has 2 heterocycles. The Bertz CT molecular complexity index is 639. The first kappa shape index (κ1) is 15.4. The fraction of sp³-hybridized carbons (Fsp3) is 0.412. The van der Waals surface area contributed by atoms with Gasteiger partial charge in [0.1, 0.15) is 0 Å². The number of benzene rings is 1. The number of nitrogens with zero attached hydrogens (tertiary/aromatic N) is 3. The molecule has 2 aromatic rings. The summed E-state index contributed by atoms with van der Waals surface area (Å²) in [6.45, 7) is 2.39. The van der Waals surface area contributed by atoms with E-state index in [2.05, 4.69) is 32.8 Å².